The Morgan fingerprint density at radius 3 is 1.14 bits per heavy atom. The van der Waals surface area contributed by atoms with Crippen molar-refractivity contribution in [3.8, 4) is 79.9 Å². The molecule has 474 valence electrons. The lowest BCUT2D eigenvalue weighted by atomic mass is 10.0. The SMILES string of the molecule is c1ccc(-c2nc(-c3ccccc3)nc(-n3c4ccccc4c4cc5sc6cc(-n7c8ccccc8c8cc(-c9cccc(-c%10nc(-c%11ccccc%11)nc(-n%11c%12ccccc%12c%12ccc%13c%14ccc(-n%15c%16ccccc%16c%16ccccc%16%15)cc%14sc%13c%12%11)n%10)c9)ccc87)ccc6c5cc43)n2)cc1. The van der Waals surface area contributed by atoms with Crippen molar-refractivity contribution in [3.63, 3.8) is 0 Å². The van der Waals surface area contributed by atoms with Crippen LogP contribution in [0.4, 0.5) is 0 Å². The van der Waals surface area contributed by atoms with Crippen molar-refractivity contribution in [2.45, 2.75) is 0 Å². The molecule has 0 aliphatic heterocycles. The predicted molar refractivity (Wildman–Crippen MR) is 424 cm³/mol. The van der Waals surface area contributed by atoms with Gasteiger partial charge in [-0.1, -0.05) is 231 Å². The van der Waals surface area contributed by atoms with Gasteiger partial charge in [-0.25, -0.2) is 9.97 Å². The van der Waals surface area contributed by atoms with Crippen molar-refractivity contribution in [2.75, 3.05) is 0 Å². The van der Waals surface area contributed by atoms with Gasteiger partial charge in [-0.3, -0.25) is 9.13 Å². The summed E-state index contributed by atoms with van der Waals surface area (Å²) in [6, 6.07) is 113. The third kappa shape index (κ3) is 8.64. The van der Waals surface area contributed by atoms with E-state index < -0.39 is 0 Å². The van der Waals surface area contributed by atoms with Crippen LogP contribution in [0, 0.1) is 0 Å². The van der Waals surface area contributed by atoms with Crippen LogP contribution < -0.4 is 0 Å². The van der Waals surface area contributed by atoms with Gasteiger partial charge in [0.15, 0.2) is 23.3 Å². The Labute approximate surface area is 589 Å². The van der Waals surface area contributed by atoms with Crippen LogP contribution in [0.15, 0.2) is 315 Å². The van der Waals surface area contributed by atoms with E-state index in [1.165, 1.54) is 72.9 Å². The summed E-state index contributed by atoms with van der Waals surface area (Å²) in [4.78, 5) is 31.8. The van der Waals surface area contributed by atoms with Crippen molar-refractivity contribution in [1.29, 1.82) is 0 Å². The van der Waals surface area contributed by atoms with E-state index in [-0.39, 0.29) is 0 Å². The quantitative estimate of drug-likeness (QED) is 0.143. The average molecular weight is 1340 g/mol. The lowest BCUT2D eigenvalue weighted by molar-refractivity contribution is 0.954. The third-order valence-corrected chi connectivity index (χ3v) is 22.8. The number of hydrogen-bond donors (Lipinski definition) is 0. The summed E-state index contributed by atoms with van der Waals surface area (Å²) in [7, 11) is 0. The van der Waals surface area contributed by atoms with Gasteiger partial charge in [0, 0.05) is 112 Å². The van der Waals surface area contributed by atoms with E-state index in [9.17, 15) is 0 Å². The maximum atomic E-state index is 5.53. The molecule has 0 amide bonds. The summed E-state index contributed by atoms with van der Waals surface area (Å²) in [5, 5.41) is 14.2. The third-order valence-electron chi connectivity index (χ3n) is 20.5. The number of aromatic nitrogens is 10. The van der Waals surface area contributed by atoms with Crippen LogP contribution in [-0.2, 0) is 0 Å². The highest BCUT2D eigenvalue weighted by Crippen LogP contribution is 2.47. The summed E-state index contributed by atoms with van der Waals surface area (Å²) in [6.45, 7) is 0. The zero-order valence-corrected chi connectivity index (χ0v) is 55.9. The highest BCUT2D eigenvalue weighted by Gasteiger charge is 2.25. The second-order valence-electron chi connectivity index (χ2n) is 26.2. The van der Waals surface area contributed by atoms with E-state index in [1.54, 1.807) is 0 Å². The smallest absolute Gasteiger partial charge is 0.238 e. The van der Waals surface area contributed by atoms with Crippen molar-refractivity contribution >= 4 is 150 Å². The normalized spacial score (nSPS) is 12.1. The van der Waals surface area contributed by atoms with Crippen LogP contribution in [0.1, 0.15) is 0 Å². The summed E-state index contributed by atoms with van der Waals surface area (Å²) in [5.74, 6) is 3.56. The number of fused-ring (bicyclic) bond motifs is 19. The molecule has 0 atom stereocenters. The minimum absolute atomic E-state index is 0.558. The number of rotatable bonds is 9. The first-order valence-electron chi connectivity index (χ1n) is 34.2. The van der Waals surface area contributed by atoms with Crippen molar-refractivity contribution in [1.82, 2.24) is 48.2 Å². The maximum absolute atomic E-state index is 5.53. The van der Waals surface area contributed by atoms with Gasteiger partial charge in [0.1, 0.15) is 0 Å². The number of benzene rings is 14. The van der Waals surface area contributed by atoms with Gasteiger partial charge in [-0.15, -0.1) is 22.7 Å². The van der Waals surface area contributed by atoms with Gasteiger partial charge < -0.3 is 9.13 Å². The van der Waals surface area contributed by atoms with Gasteiger partial charge in [0.05, 0.1) is 48.8 Å². The lowest BCUT2D eigenvalue weighted by Crippen LogP contribution is -2.06. The number of hydrogen-bond acceptors (Lipinski definition) is 8. The Balaban J connectivity index is 0.655. The summed E-state index contributed by atoms with van der Waals surface area (Å²) in [5.41, 5.74) is 16.9. The first-order chi connectivity index (χ1) is 50.5. The molecule has 22 rings (SSSR count). The fraction of sp³-hybridized carbons (Fsp3) is 0. The van der Waals surface area contributed by atoms with Gasteiger partial charge in [-0.2, -0.15) is 19.9 Å². The Kier molecular flexibility index (Phi) is 12.3. The molecule has 0 saturated carbocycles. The first-order valence-corrected chi connectivity index (χ1v) is 35.8. The van der Waals surface area contributed by atoms with E-state index in [1.807, 2.05) is 77.3 Å². The Morgan fingerprint density at radius 1 is 0.196 bits per heavy atom. The highest BCUT2D eigenvalue weighted by atomic mass is 32.1. The molecule has 0 fully saturated rings. The van der Waals surface area contributed by atoms with Gasteiger partial charge in [-0.05, 0) is 96.1 Å². The van der Waals surface area contributed by atoms with Crippen molar-refractivity contribution in [2.24, 2.45) is 0 Å². The number of nitrogens with zero attached hydrogens (tertiary/aromatic N) is 10. The molecule has 8 heterocycles. The molecule has 0 unspecified atom stereocenters. The first kappa shape index (κ1) is 56.7. The fourth-order valence-corrected chi connectivity index (χ4v) is 18.3. The molecule has 102 heavy (non-hydrogen) atoms. The zero-order chi connectivity index (χ0) is 66.7. The molecule has 14 aromatic carbocycles. The molecule has 0 saturated heterocycles. The van der Waals surface area contributed by atoms with E-state index in [0.717, 1.165) is 99.4 Å². The zero-order valence-electron chi connectivity index (χ0n) is 54.3. The summed E-state index contributed by atoms with van der Waals surface area (Å²) < 4.78 is 14.1. The Hall–Kier alpha value is -13.3. The van der Waals surface area contributed by atoms with E-state index in [0.29, 0.717) is 35.2 Å². The minimum Gasteiger partial charge on any atom is -0.309 e. The van der Waals surface area contributed by atoms with E-state index in [4.69, 9.17) is 29.9 Å². The molecule has 10 nitrogen and oxygen atoms in total. The predicted octanol–water partition coefficient (Wildman–Crippen LogP) is 23.5. The largest absolute Gasteiger partial charge is 0.309 e. The summed E-state index contributed by atoms with van der Waals surface area (Å²) >= 11 is 3.66. The lowest BCUT2D eigenvalue weighted by Gasteiger charge is -2.12. The minimum atomic E-state index is 0.558. The second kappa shape index (κ2) is 22.1. The molecular formula is C90H52N10S2. The van der Waals surface area contributed by atoms with E-state index in [2.05, 4.69) is 279 Å². The number of thiophene rings is 2. The van der Waals surface area contributed by atoms with Crippen molar-refractivity contribution in [3.05, 3.63) is 315 Å². The molecule has 0 aliphatic rings. The van der Waals surface area contributed by atoms with Crippen LogP contribution in [-0.4, -0.2) is 48.2 Å². The van der Waals surface area contributed by atoms with Gasteiger partial charge >= 0.3 is 0 Å². The number of para-hydroxylation sites is 5. The molecule has 0 N–H and O–H groups in total. The molecule has 8 aromatic heterocycles. The molecule has 12 heteroatoms. The standard InChI is InChI=1S/C90H52N10S2/c1-4-21-53(22-5-1)85-91-86(54-23-6-2-7-24-54)94-89(93-85)99-76-37-18-14-33-65(76)71-52-82-72(51-79(71)99)67-43-41-59(49-80(67)101-82)98-75-36-17-13-32-64(75)70-48-57(39-46-78(70)98)56-27-20-28-58(47-56)88-92-87(55-25-8-3-9-26-55)95-90(96-88)100-77-38-19-12-31-63(77)68-44-45-69-66-42-40-60(50-81(66)102-84(69)83(68)100)97-73-34-15-10-29-61(73)62-30-11-16-35-74(62)97/h1-52H. The Morgan fingerprint density at radius 2 is 0.578 bits per heavy atom. The Bertz CT molecular complexity index is 7150. The second-order valence-corrected chi connectivity index (χ2v) is 28.3. The molecule has 0 bridgehead atoms. The van der Waals surface area contributed by atoms with Crippen LogP contribution in [0.5, 0.6) is 0 Å². The average Bonchev–Trinajstić information content (AvgIpc) is 1.57. The van der Waals surface area contributed by atoms with Gasteiger partial charge in [0.25, 0.3) is 0 Å². The van der Waals surface area contributed by atoms with Crippen LogP contribution in [0.25, 0.3) is 208 Å². The molecule has 0 spiro atoms. The van der Waals surface area contributed by atoms with Gasteiger partial charge in [0.2, 0.25) is 11.9 Å². The molecular weight excluding hydrogens is 1290 g/mol. The van der Waals surface area contributed by atoms with Crippen LogP contribution in [0.3, 0.4) is 0 Å². The van der Waals surface area contributed by atoms with Crippen LogP contribution in [0.2, 0.25) is 0 Å². The molecule has 0 radical (unpaired) electrons. The molecule has 22 aromatic rings. The van der Waals surface area contributed by atoms with Crippen molar-refractivity contribution < 1.29 is 0 Å². The maximum Gasteiger partial charge on any atom is 0.238 e. The topological polar surface area (TPSA) is 97.1 Å². The highest BCUT2D eigenvalue weighted by molar-refractivity contribution is 7.27. The summed E-state index contributed by atoms with van der Waals surface area (Å²) in [6.07, 6.45) is 0. The molecule has 0 aliphatic carbocycles. The van der Waals surface area contributed by atoms with E-state index >= 15 is 0 Å². The van der Waals surface area contributed by atoms with Crippen LogP contribution >= 0.6 is 22.7 Å². The monoisotopic (exact) mass is 1340 g/mol. The fourth-order valence-electron chi connectivity index (χ4n) is 15.9.